The average Bonchev–Trinajstić information content (AvgIpc) is 1.37. The van der Waals surface area contributed by atoms with Crippen LogP contribution in [0.3, 0.4) is 0 Å². The van der Waals surface area contributed by atoms with Crippen molar-refractivity contribution >= 4 is 99.6 Å². The molecule has 6 unspecified atom stereocenters. The second kappa shape index (κ2) is 42.1. The average molecular weight is 1420 g/mol. The summed E-state index contributed by atoms with van der Waals surface area (Å²) in [7, 11) is 0. The number of hydrogen-bond donors (Lipinski definition) is 17. The molecule has 100 heavy (non-hydrogen) atoms. The lowest BCUT2D eigenvalue weighted by Gasteiger charge is -2.30. The molecule has 33 nitrogen and oxygen atoms in total. The van der Waals surface area contributed by atoms with Gasteiger partial charge in [0, 0.05) is 43.5 Å². The van der Waals surface area contributed by atoms with Crippen molar-refractivity contribution in [2.24, 2.45) is 45.9 Å². The van der Waals surface area contributed by atoms with Crippen molar-refractivity contribution in [3.8, 4) is 0 Å². The molecule has 20 N–H and O–H groups in total. The molecule has 2 aliphatic rings. The molecule has 12 amide bonds. The van der Waals surface area contributed by atoms with Gasteiger partial charge in [-0.1, -0.05) is 105 Å². The molecule has 15 atom stereocenters. The summed E-state index contributed by atoms with van der Waals surface area (Å²) in [5, 5.41) is 49.1. The van der Waals surface area contributed by atoms with Gasteiger partial charge >= 0.3 is 11.9 Å². The molecule has 0 spiro atoms. The van der Waals surface area contributed by atoms with Crippen molar-refractivity contribution in [2.75, 3.05) is 18.8 Å². The van der Waals surface area contributed by atoms with Gasteiger partial charge in [-0.05, 0) is 80.7 Å². The lowest BCUT2D eigenvalue weighted by molar-refractivity contribution is -0.142. The van der Waals surface area contributed by atoms with Crippen LogP contribution in [0.25, 0.3) is 0 Å². The summed E-state index contributed by atoms with van der Waals surface area (Å²) in [5.41, 5.74) is 18.7. The Morgan fingerprint density at radius 1 is 0.660 bits per heavy atom. The van der Waals surface area contributed by atoms with E-state index in [0.29, 0.717) is 16.3 Å². The third-order valence-corrected chi connectivity index (χ3v) is 18.6. The van der Waals surface area contributed by atoms with Gasteiger partial charge in [-0.15, -0.1) is 11.8 Å². The van der Waals surface area contributed by atoms with Crippen molar-refractivity contribution < 1.29 is 77.3 Å². The van der Waals surface area contributed by atoms with Gasteiger partial charge in [0.2, 0.25) is 70.9 Å². The van der Waals surface area contributed by atoms with E-state index < -0.39 is 193 Å². The van der Waals surface area contributed by atoms with Gasteiger partial charge in [0.25, 0.3) is 0 Å². The summed E-state index contributed by atoms with van der Waals surface area (Å²) in [6.07, 6.45) is 0.368. The Bertz CT molecular complexity index is 3160. The minimum Gasteiger partial charge on any atom is -0.481 e. The number of H-pyrrole nitrogens is 1. The van der Waals surface area contributed by atoms with E-state index in [-0.39, 0.29) is 94.9 Å². The first-order valence-corrected chi connectivity index (χ1v) is 35.1. The smallest absolute Gasteiger partial charge is 0.305 e. The lowest BCUT2D eigenvalue weighted by Crippen LogP contribution is -2.62. The number of nitrogens with zero attached hydrogens (tertiary/aromatic N) is 2. The fourth-order valence-corrected chi connectivity index (χ4v) is 12.0. The highest BCUT2D eigenvalue weighted by molar-refractivity contribution is 8.14. The Morgan fingerprint density at radius 3 is 1.85 bits per heavy atom. The Balaban J connectivity index is 1.77. The highest BCUT2D eigenvalue weighted by Crippen LogP contribution is 2.25. The zero-order chi connectivity index (χ0) is 74.3. The van der Waals surface area contributed by atoms with Gasteiger partial charge in [0.05, 0.1) is 30.3 Å². The topological polar surface area (TPSA) is 531 Å². The molecule has 3 heterocycles. The number of aliphatic carboxylic acids is 2. The fraction of sp³-hybridized carbons (Fsp3) is 0.636. The Labute approximate surface area is 586 Å². The lowest BCUT2D eigenvalue weighted by atomic mass is 9.96. The second-order valence-corrected chi connectivity index (χ2v) is 27.0. The van der Waals surface area contributed by atoms with Gasteiger partial charge in [-0.25, -0.2) is 4.98 Å². The molecular weight excluding hydrogens is 1320 g/mol. The van der Waals surface area contributed by atoms with Crippen molar-refractivity contribution in [3.05, 3.63) is 54.1 Å². The van der Waals surface area contributed by atoms with E-state index in [0.717, 1.165) is 6.42 Å². The van der Waals surface area contributed by atoms with Crippen LogP contribution in [0.2, 0.25) is 0 Å². The molecule has 1 aromatic heterocycles. The Morgan fingerprint density at radius 2 is 1.26 bits per heavy atom. The minimum absolute atomic E-state index is 0.00117. The predicted octanol–water partition coefficient (Wildman–Crippen LogP) is -1.68. The zero-order valence-electron chi connectivity index (χ0n) is 58.2. The molecule has 554 valence electrons. The maximum atomic E-state index is 14.9. The number of benzene rings is 1. The largest absolute Gasteiger partial charge is 0.481 e. The number of carboxylic acids is 2. The normalized spacial score (nSPS) is 23.1. The zero-order valence-corrected chi connectivity index (χ0v) is 59.0. The van der Waals surface area contributed by atoms with E-state index in [2.05, 4.69) is 73.4 Å². The van der Waals surface area contributed by atoms with Crippen molar-refractivity contribution in [1.29, 1.82) is 0 Å². The number of carbonyl (C=O) groups is 14. The fourth-order valence-electron chi connectivity index (χ4n) is 10.9. The molecule has 0 bridgehead atoms. The first kappa shape index (κ1) is 83.4. The molecule has 2 aromatic rings. The number of aliphatic imine (C=N–C) groups is 1. The van der Waals surface area contributed by atoms with Crippen LogP contribution in [0, 0.1) is 23.7 Å². The first-order valence-electron chi connectivity index (χ1n) is 34.1. The first-order chi connectivity index (χ1) is 47.4. The summed E-state index contributed by atoms with van der Waals surface area (Å²) in [4.78, 5) is 207. The van der Waals surface area contributed by atoms with Crippen LogP contribution in [0.15, 0.2) is 47.8 Å². The SMILES string of the molecule is CCC(C)C(N)C1=NC(C(=O)N[C@@H](CC(C)C)C(=O)N[C@H](CCC(=O)O)C(=O)N[C@H](C(=O)N[C@@H]2CCCCNC(=O)[C@H](CC(N)=O)NC(=O)[C@@H](CC(=O)O)NC(=O)[C@H](Cc3cnc[nH]3)NC(=O)[C@@H](Cc3ccccc3)NC(=O)[C@H](C(C)CC)NC(=O)C(CCCN)NC2=O)C(C)CC)CS1. The van der Waals surface area contributed by atoms with Gasteiger partial charge in [-0.2, -0.15) is 0 Å². The summed E-state index contributed by atoms with van der Waals surface area (Å²) < 4.78 is 0. The number of primary amides is 1. The molecule has 1 fully saturated rings. The van der Waals surface area contributed by atoms with Crippen molar-refractivity contribution in [2.45, 2.75) is 224 Å². The summed E-state index contributed by atoms with van der Waals surface area (Å²) >= 11 is 1.35. The third kappa shape index (κ3) is 27.6. The number of amides is 12. The number of carbonyl (C=O) groups excluding carboxylic acids is 12. The maximum Gasteiger partial charge on any atom is 0.305 e. The number of hydrogen-bond acceptors (Lipinski definition) is 19. The quantitative estimate of drug-likeness (QED) is 0.0401. The van der Waals surface area contributed by atoms with E-state index in [1.54, 1.807) is 58.0 Å². The molecular formula is C66H103N17O16S. The van der Waals surface area contributed by atoms with Crippen LogP contribution < -0.4 is 75.7 Å². The molecule has 4 rings (SSSR count). The van der Waals surface area contributed by atoms with E-state index in [4.69, 9.17) is 17.2 Å². The van der Waals surface area contributed by atoms with E-state index in [9.17, 15) is 77.3 Å². The van der Waals surface area contributed by atoms with E-state index in [1.165, 1.54) is 24.3 Å². The van der Waals surface area contributed by atoms with Crippen LogP contribution in [0.1, 0.15) is 150 Å². The standard InChI is InChI=1S/C66H103N17O16S/c1-9-35(6)52(69)66-81-48(32-100-66)63(97)76-43(26-34(4)5)59(93)74-42(22-23-50(85)86)58(92)83-53(36(7)10-2)64(98)75-40-20-15-16-25-71-55(89)46(29-49(68)84)78-62(96)47(30-51(87)88)79-61(95)45(28-39-31-70-33-72-39)77-60(94)44(27-38-18-13-12-14-19-38)80-65(99)54(37(8)11-3)82-57(91)41(21-17-24-67)73-56(40)90/h12-14,18-19,31,33-37,40-48,52-54H,9-11,15-17,20-30,32,67,69H2,1-8H3,(H2,68,84)(H,70,72)(H,71,89)(H,73,90)(H,74,93)(H,75,98)(H,76,97)(H,77,94)(H,78,96)(H,79,95)(H,80,99)(H,82,91)(H,83,92)(H,85,86)(H,87,88)/t35?,36?,37?,40-,41?,42-,43+,44-,45+,46+,47-,48?,52?,53+,54+/m1/s1. The van der Waals surface area contributed by atoms with Crippen molar-refractivity contribution in [1.82, 2.24) is 68.5 Å². The van der Waals surface area contributed by atoms with Gasteiger partial charge in [-0.3, -0.25) is 72.1 Å². The summed E-state index contributed by atoms with van der Waals surface area (Å²) in [5.74, 6) is -15.4. The van der Waals surface area contributed by atoms with Crippen LogP contribution in [0.4, 0.5) is 0 Å². The summed E-state index contributed by atoms with van der Waals surface area (Å²) in [6.45, 7) is 14.1. The minimum atomic E-state index is -1.94. The van der Waals surface area contributed by atoms with Crippen molar-refractivity contribution in [3.63, 3.8) is 0 Å². The molecule has 0 aliphatic carbocycles. The maximum absolute atomic E-state index is 14.9. The van der Waals surface area contributed by atoms with Crippen LogP contribution in [-0.4, -0.2) is 199 Å². The number of imidazole rings is 1. The predicted molar refractivity (Wildman–Crippen MR) is 369 cm³/mol. The Hall–Kier alpha value is -9.05. The highest BCUT2D eigenvalue weighted by atomic mass is 32.2. The second-order valence-electron chi connectivity index (χ2n) is 26.0. The van der Waals surface area contributed by atoms with Crippen LogP contribution in [0.5, 0.6) is 0 Å². The van der Waals surface area contributed by atoms with Gasteiger partial charge < -0.3 is 90.9 Å². The number of rotatable bonds is 31. The number of aromatic nitrogens is 2. The Kier molecular flexibility index (Phi) is 35.1. The monoisotopic (exact) mass is 1420 g/mol. The molecule has 0 radical (unpaired) electrons. The molecule has 1 saturated heterocycles. The van der Waals surface area contributed by atoms with Gasteiger partial charge in [0.15, 0.2) is 0 Å². The third-order valence-electron chi connectivity index (χ3n) is 17.5. The number of thioether (sulfide) groups is 1. The van der Waals surface area contributed by atoms with Crippen LogP contribution >= 0.6 is 11.8 Å². The molecule has 0 saturated carbocycles. The van der Waals surface area contributed by atoms with E-state index in [1.807, 2.05) is 27.7 Å². The highest BCUT2D eigenvalue weighted by Gasteiger charge is 2.40. The molecule has 2 aliphatic heterocycles. The number of nitrogens with two attached hydrogens (primary N) is 3. The molecule has 1 aromatic carbocycles. The number of aromatic amines is 1. The summed E-state index contributed by atoms with van der Waals surface area (Å²) in [6, 6.07) is -8.34. The van der Waals surface area contributed by atoms with Crippen LogP contribution in [-0.2, 0) is 80.0 Å². The molecule has 34 heteroatoms. The number of carboxylic acid groups (broad SMARTS) is 2. The van der Waals surface area contributed by atoms with Gasteiger partial charge in [0.1, 0.15) is 66.5 Å². The van der Waals surface area contributed by atoms with E-state index >= 15 is 0 Å². The number of nitrogens with one attached hydrogen (secondary N) is 12.